The molecule has 2 aromatic carbocycles. The maximum Gasteiger partial charge on any atom is 0.261 e. The Hall–Kier alpha value is -1.76. The average Bonchev–Trinajstić information content (AvgIpc) is 2.50. The lowest BCUT2D eigenvalue weighted by Gasteiger charge is -2.15. The maximum atomic E-state index is 12.5. The van der Waals surface area contributed by atoms with Crippen LogP contribution in [0.5, 0.6) is 5.75 Å². The average molecular weight is 415 g/mol. The van der Waals surface area contributed by atoms with Gasteiger partial charge in [0.25, 0.3) is 10.0 Å². The van der Waals surface area contributed by atoms with Crippen molar-refractivity contribution in [2.75, 3.05) is 4.72 Å². The topological polar surface area (TPSA) is 66.4 Å². The zero-order valence-electron chi connectivity index (χ0n) is 11.9. The minimum absolute atomic E-state index is 0.0130. The SMILES string of the molecule is C=Cc1c(NS(=O)(=O)c2ccc(Br)cc2)cc(Cl)c(O)c1C=C. The van der Waals surface area contributed by atoms with Gasteiger partial charge in [-0.2, -0.15) is 0 Å². The van der Waals surface area contributed by atoms with Crippen molar-refractivity contribution in [2.24, 2.45) is 0 Å². The number of anilines is 1. The van der Waals surface area contributed by atoms with E-state index in [1.165, 1.54) is 30.4 Å². The van der Waals surface area contributed by atoms with E-state index in [2.05, 4.69) is 33.8 Å². The Morgan fingerprint density at radius 3 is 2.22 bits per heavy atom. The van der Waals surface area contributed by atoms with Crippen LogP contribution in [-0.4, -0.2) is 13.5 Å². The number of phenols is 1. The molecule has 0 heterocycles. The van der Waals surface area contributed by atoms with Crippen molar-refractivity contribution >= 4 is 55.4 Å². The molecule has 0 saturated carbocycles. The zero-order chi connectivity index (χ0) is 17.2. The highest BCUT2D eigenvalue weighted by atomic mass is 79.9. The Bertz CT molecular complexity index is 877. The molecule has 7 heteroatoms. The number of nitrogens with one attached hydrogen (secondary N) is 1. The molecule has 0 fully saturated rings. The number of halogens is 2. The van der Waals surface area contributed by atoms with Gasteiger partial charge in [0.2, 0.25) is 0 Å². The summed E-state index contributed by atoms with van der Waals surface area (Å²) in [5.41, 5.74) is 0.907. The second kappa shape index (κ2) is 6.78. The summed E-state index contributed by atoms with van der Waals surface area (Å²) in [6.45, 7) is 7.24. The van der Waals surface area contributed by atoms with Crippen LogP contribution in [0.4, 0.5) is 5.69 Å². The molecule has 120 valence electrons. The van der Waals surface area contributed by atoms with Crippen molar-refractivity contribution < 1.29 is 13.5 Å². The van der Waals surface area contributed by atoms with Crippen LogP contribution in [-0.2, 0) is 10.0 Å². The molecule has 0 spiro atoms. The number of hydrogen-bond donors (Lipinski definition) is 2. The number of sulfonamides is 1. The monoisotopic (exact) mass is 413 g/mol. The van der Waals surface area contributed by atoms with Crippen molar-refractivity contribution in [1.82, 2.24) is 0 Å². The third kappa shape index (κ3) is 3.60. The van der Waals surface area contributed by atoms with E-state index in [1.807, 2.05) is 0 Å². The molecule has 0 aromatic heterocycles. The van der Waals surface area contributed by atoms with Gasteiger partial charge in [-0.1, -0.05) is 52.8 Å². The van der Waals surface area contributed by atoms with E-state index in [0.29, 0.717) is 11.1 Å². The summed E-state index contributed by atoms with van der Waals surface area (Å²) in [5, 5.41) is 9.96. The van der Waals surface area contributed by atoms with Gasteiger partial charge in [-0.25, -0.2) is 8.42 Å². The molecule has 2 aromatic rings. The predicted molar refractivity (Wildman–Crippen MR) is 98.2 cm³/mol. The standard InChI is InChI=1S/C16H13BrClNO3S/c1-3-12-13(4-2)16(20)14(18)9-15(12)19-23(21,22)11-7-5-10(17)6-8-11/h3-9,19-20H,1-2H2. The number of benzene rings is 2. The predicted octanol–water partition coefficient (Wildman–Crippen LogP) is 4.89. The largest absolute Gasteiger partial charge is 0.506 e. The van der Waals surface area contributed by atoms with E-state index in [1.54, 1.807) is 12.1 Å². The summed E-state index contributed by atoms with van der Waals surface area (Å²) in [4.78, 5) is 0.0973. The van der Waals surface area contributed by atoms with E-state index in [4.69, 9.17) is 11.6 Å². The maximum absolute atomic E-state index is 12.5. The molecular weight excluding hydrogens is 402 g/mol. The second-order valence-corrected chi connectivity index (χ2v) is 7.55. The fourth-order valence-electron chi connectivity index (χ4n) is 2.00. The highest BCUT2D eigenvalue weighted by Crippen LogP contribution is 2.37. The van der Waals surface area contributed by atoms with Crippen molar-refractivity contribution in [3.63, 3.8) is 0 Å². The summed E-state index contributed by atoms with van der Waals surface area (Å²) in [6, 6.07) is 7.52. The molecule has 4 nitrogen and oxygen atoms in total. The van der Waals surface area contributed by atoms with Crippen LogP contribution in [0.1, 0.15) is 11.1 Å². The molecule has 0 aliphatic rings. The molecule has 0 aliphatic carbocycles. The lowest BCUT2D eigenvalue weighted by Crippen LogP contribution is -2.14. The Morgan fingerprint density at radius 2 is 1.70 bits per heavy atom. The van der Waals surface area contributed by atoms with Crippen molar-refractivity contribution in [3.8, 4) is 5.75 Å². The van der Waals surface area contributed by atoms with E-state index < -0.39 is 10.0 Å². The van der Waals surface area contributed by atoms with Crippen LogP contribution in [0.25, 0.3) is 12.2 Å². The lowest BCUT2D eigenvalue weighted by molar-refractivity contribution is 0.474. The van der Waals surface area contributed by atoms with E-state index in [-0.39, 0.29) is 21.4 Å². The first kappa shape index (κ1) is 17.6. The van der Waals surface area contributed by atoms with E-state index >= 15 is 0 Å². The summed E-state index contributed by atoms with van der Waals surface area (Å²) in [6.07, 6.45) is 2.81. The van der Waals surface area contributed by atoms with Crippen molar-refractivity contribution in [1.29, 1.82) is 0 Å². The summed E-state index contributed by atoms with van der Waals surface area (Å²) < 4.78 is 28.2. The molecule has 0 radical (unpaired) electrons. The lowest BCUT2D eigenvalue weighted by atomic mass is 10.0. The first-order valence-corrected chi connectivity index (χ1v) is 9.04. The third-order valence-corrected chi connectivity index (χ3v) is 5.31. The Morgan fingerprint density at radius 1 is 1.13 bits per heavy atom. The van der Waals surface area contributed by atoms with Crippen LogP contribution >= 0.6 is 27.5 Å². The van der Waals surface area contributed by atoms with Crippen LogP contribution in [0.15, 0.2) is 52.9 Å². The van der Waals surface area contributed by atoms with Gasteiger partial charge >= 0.3 is 0 Å². The van der Waals surface area contributed by atoms with Gasteiger partial charge in [0.05, 0.1) is 15.6 Å². The highest BCUT2D eigenvalue weighted by molar-refractivity contribution is 9.10. The van der Waals surface area contributed by atoms with E-state index in [9.17, 15) is 13.5 Å². The van der Waals surface area contributed by atoms with Gasteiger partial charge < -0.3 is 5.11 Å². The minimum Gasteiger partial charge on any atom is -0.506 e. The van der Waals surface area contributed by atoms with Crippen molar-refractivity contribution in [3.05, 3.63) is 64.1 Å². The zero-order valence-corrected chi connectivity index (χ0v) is 15.0. The molecule has 0 saturated heterocycles. The summed E-state index contributed by atoms with van der Waals surface area (Å²) >= 11 is 9.20. The molecule has 0 bridgehead atoms. The quantitative estimate of drug-likeness (QED) is 0.684. The first-order chi connectivity index (χ1) is 10.8. The Balaban J connectivity index is 2.55. The highest BCUT2D eigenvalue weighted by Gasteiger charge is 2.19. The van der Waals surface area contributed by atoms with Gasteiger partial charge in [0.1, 0.15) is 5.75 Å². The molecule has 0 aliphatic heterocycles. The van der Waals surface area contributed by atoms with Crippen LogP contribution in [0, 0.1) is 0 Å². The number of phenolic OH excluding ortho intramolecular Hbond substituents is 1. The van der Waals surface area contributed by atoms with Gasteiger partial charge in [0, 0.05) is 15.6 Å². The minimum atomic E-state index is -3.81. The van der Waals surface area contributed by atoms with Crippen LogP contribution < -0.4 is 4.72 Å². The third-order valence-electron chi connectivity index (χ3n) is 3.11. The van der Waals surface area contributed by atoms with E-state index in [0.717, 1.165) is 4.47 Å². The van der Waals surface area contributed by atoms with Gasteiger partial charge in [-0.05, 0) is 30.3 Å². The number of rotatable bonds is 5. The number of aromatic hydroxyl groups is 1. The Labute approximate surface area is 148 Å². The molecular formula is C16H13BrClNO3S. The molecule has 23 heavy (non-hydrogen) atoms. The Kier molecular flexibility index (Phi) is 5.19. The fourth-order valence-corrected chi connectivity index (χ4v) is 3.55. The first-order valence-electron chi connectivity index (χ1n) is 6.39. The number of hydrogen-bond acceptors (Lipinski definition) is 3. The normalized spacial score (nSPS) is 11.0. The van der Waals surface area contributed by atoms with Gasteiger partial charge in [-0.15, -0.1) is 0 Å². The molecule has 0 atom stereocenters. The summed E-state index contributed by atoms with van der Waals surface area (Å²) in [7, 11) is -3.81. The molecule has 0 amide bonds. The summed E-state index contributed by atoms with van der Waals surface area (Å²) in [5.74, 6) is -0.178. The molecule has 2 N–H and O–H groups in total. The molecule has 2 rings (SSSR count). The van der Waals surface area contributed by atoms with Crippen molar-refractivity contribution in [2.45, 2.75) is 4.90 Å². The van der Waals surface area contributed by atoms with Gasteiger partial charge in [0.15, 0.2) is 0 Å². The fraction of sp³-hybridized carbons (Fsp3) is 0. The smallest absolute Gasteiger partial charge is 0.261 e. The van der Waals surface area contributed by atoms with Gasteiger partial charge in [-0.3, -0.25) is 4.72 Å². The van der Waals surface area contributed by atoms with Crippen LogP contribution in [0.3, 0.4) is 0 Å². The second-order valence-electron chi connectivity index (χ2n) is 4.55. The molecule has 0 unspecified atom stereocenters. The van der Waals surface area contributed by atoms with Crippen LogP contribution in [0.2, 0.25) is 5.02 Å².